The van der Waals surface area contributed by atoms with Crippen molar-refractivity contribution in [3.63, 3.8) is 0 Å². The molecule has 0 aromatic carbocycles. The maximum absolute atomic E-state index is 11.8. The fraction of sp³-hybridized carbons (Fsp3) is 0.500. The van der Waals surface area contributed by atoms with E-state index in [-0.39, 0.29) is 35.9 Å². The molecule has 1 saturated heterocycles. The lowest BCUT2D eigenvalue weighted by molar-refractivity contribution is -0.129. The van der Waals surface area contributed by atoms with Gasteiger partial charge in [0.1, 0.15) is 5.65 Å². The minimum Gasteiger partial charge on any atom is -0.356 e. The second-order valence-corrected chi connectivity index (χ2v) is 6.27. The molecule has 0 aliphatic carbocycles. The Kier molecular flexibility index (Phi) is 7.67. The van der Waals surface area contributed by atoms with E-state index in [1.54, 1.807) is 7.05 Å². The molecule has 3 heterocycles. The number of aromatic nitrogens is 2. The number of rotatable bonds is 5. The van der Waals surface area contributed by atoms with Crippen LogP contribution in [-0.2, 0) is 11.2 Å². The molecule has 1 amide bonds. The van der Waals surface area contributed by atoms with Crippen LogP contribution in [0.15, 0.2) is 35.6 Å². The third kappa shape index (κ3) is 5.09. The Balaban J connectivity index is 0.00000243. The minimum atomic E-state index is 0. The summed E-state index contributed by atoms with van der Waals surface area (Å²) in [6.45, 7) is 4.24. The summed E-state index contributed by atoms with van der Waals surface area (Å²) in [6.07, 6.45) is 6.41. The number of carbonyl (C=O) groups is 1. The van der Waals surface area contributed by atoms with Crippen molar-refractivity contribution >= 4 is 41.5 Å². The van der Waals surface area contributed by atoms with Crippen molar-refractivity contribution in [3.05, 3.63) is 36.3 Å². The maximum Gasteiger partial charge on any atom is 0.222 e. The number of amides is 1. The van der Waals surface area contributed by atoms with Gasteiger partial charge in [-0.25, -0.2) is 4.98 Å². The summed E-state index contributed by atoms with van der Waals surface area (Å²) in [4.78, 5) is 22.6. The molecular weight excluding hydrogens is 443 g/mol. The van der Waals surface area contributed by atoms with Gasteiger partial charge in [-0.3, -0.25) is 9.79 Å². The molecule has 2 aromatic heterocycles. The number of nitrogens with one attached hydrogen (secondary N) is 2. The number of nitrogens with zero attached hydrogens (tertiary/aromatic N) is 4. The Morgan fingerprint density at radius 3 is 3.00 bits per heavy atom. The zero-order chi connectivity index (χ0) is 17.6. The number of carbonyl (C=O) groups excluding carboxylic acids is 1. The van der Waals surface area contributed by atoms with Crippen LogP contribution < -0.4 is 10.6 Å². The zero-order valence-corrected chi connectivity index (χ0v) is 17.6. The molecule has 142 valence electrons. The Hall–Kier alpha value is -1.84. The van der Waals surface area contributed by atoms with E-state index in [0.717, 1.165) is 49.8 Å². The molecule has 26 heavy (non-hydrogen) atoms. The molecule has 1 fully saturated rings. The van der Waals surface area contributed by atoms with Gasteiger partial charge in [0, 0.05) is 58.0 Å². The van der Waals surface area contributed by atoms with Gasteiger partial charge in [-0.2, -0.15) is 0 Å². The highest BCUT2D eigenvalue weighted by Gasteiger charge is 2.25. The Morgan fingerprint density at radius 2 is 2.27 bits per heavy atom. The molecule has 8 heteroatoms. The lowest BCUT2D eigenvalue weighted by Crippen LogP contribution is -2.45. The molecule has 0 radical (unpaired) electrons. The predicted molar refractivity (Wildman–Crippen MR) is 114 cm³/mol. The predicted octanol–water partition coefficient (Wildman–Crippen LogP) is 1.67. The van der Waals surface area contributed by atoms with Crippen molar-refractivity contribution < 1.29 is 4.79 Å². The first-order valence-electron chi connectivity index (χ1n) is 8.87. The van der Waals surface area contributed by atoms with Crippen LogP contribution in [0.4, 0.5) is 0 Å². The average Bonchev–Trinajstić information content (AvgIpc) is 3.26. The number of pyridine rings is 1. The van der Waals surface area contributed by atoms with Crippen LogP contribution in [0.1, 0.15) is 25.5 Å². The minimum absolute atomic E-state index is 0. The second kappa shape index (κ2) is 9.75. The fourth-order valence-electron chi connectivity index (χ4n) is 3.13. The van der Waals surface area contributed by atoms with E-state index in [2.05, 4.69) is 26.8 Å². The van der Waals surface area contributed by atoms with E-state index in [4.69, 9.17) is 0 Å². The lowest BCUT2D eigenvalue weighted by atomic mass is 10.3. The van der Waals surface area contributed by atoms with Crippen LogP contribution in [0.5, 0.6) is 0 Å². The quantitative estimate of drug-likeness (QED) is 0.396. The van der Waals surface area contributed by atoms with Crippen LogP contribution >= 0.6 is 24.0 Å². The van der Waals surface area contributed by atoms with E-state index in [1.807, 2.05) is 40.6 Å². The fourth-order valence-corrected chi connectivity index (χ4v) is 3.13. The summed E-state index contributed by atoms with van der Waals surface area (Å²) in [5.41, 5.74) is 2.02. The molecular formula is C18H27IN6O. The molecule has 2 aromatic rings. The molecule has 0 spiro atoms. The van der Waals surface area contributed by atoms with E-state index < -0.39 is 0 Å². The molecule has 1 unspecified atom stereocenters. The number of imidazole rings is 1. The first-order chi connectivity index (χ1) is 12.2. The van der Waals surface area contributed by atoms with Crippen molar-refractivity contribution in [1.82, 2.24) is 24.9 Å². The van der Waals surface area contributed by atoms with Crippen LogP contribution in [0.3, 0.4) is 0 Å². The van der Waals surface area contributed by atoms with Crippen LogP contribution in [0.2, 0.25) is 0 Å². The molecule has 3 rings (SSSR count). The van der Waals surface area contributed by atoms with Crippen molar-refractivity contribution in [3.8, 4) is 0 Å². The average molecular weight is 470 g/mol. The Labute approximate surface area is 171 Å². The first-order valence-corrected chi connectivity index (χ1v) is 8.87. The number of aliphatic imine (C=N–C) groups is 1. The normalized spacial score (nSPS) is 17.2. The lowest BCUT2D eigenvalue weighted by Gasteiger charge is -2.18. The third-order valence-corrected chi connectivity index (χ3v) is 4.50. The molecule has 0 bridgehead atoms. The molecule has 1 atom stereocenters. The highest BCUT2D eigenvalue weighted by molar-refractivity contribution is 14.0. The van der Waals surface area contributed by atoms with Gasteiger partial charge >= 0.3 is 0 Å². The van der Waals surface area contributed by atoms with Gasteiger partial charge in [-0.1, -0.05) is 13.0 Å². The van der Waals surface area contributed by atoms with Gasteiger partial charge in [0.2, 0.25) is 5.91 Å². The van der Waals surface area contributed by atoms with Gasteiger partial charge < -0.3 is 19.9 Å². The van der Waals surface area contributed by atoms with Crippen LogP contribution in [0, 0.1) is 0 Å². The van der Waals surface area contributed by atoms with Crippen molar-refractivity contribution in [2.24, 2.45) is 4.99 Å². The summed E-state index contributed by atoms with van der Waals surface area (Å²) in [7, 11) is 1.77. The number of likely N-dealkylation sites (tertiary alicyclic amines) is 1. The molecule has 1 aliphatic heterocycles. The highest BCUT2D eigenvalue weighted by atomic mass is 127. The smallest absolute Gasteiger partial charge is 0.222 e. The summed E-state index contributed by atoms with van der Waals surface area (Å²) in [6, 6.07) is 6.25. The first kappa shape index (κ1) is 20.5. The Bertz CT molecular complexity index is 726. The van der Waals surface area contributed by atoms with E-state index in [1.165, 1.54) is 0 Å². The van der Waals surface area contributed by atoms with Crippen molar-refractivity contribution in [2.75, 3.05) is 26.7 Å². The van der Waals surface area contributed by atoms with Gasteiger partial charge in [0.05, 0.1) is 5.69 Å². The molecule has 7 nitrogen and oxygen atoms in total. The van der Waals surface area contributed by atoms with Gasteiger partial charge in [-0.05, 0) is 18.6 Å². The van der Waals surface area contributed by atoms with Gasteiger partial charge in [-0.15, -0.1) is 24.0 Å². The third-order valence-electron chi connectivity index (χ3n) is 4.50. The number of guanidine groups is 1. The van der Waals surface area contributed by atoms with Crippen molar-refractivity contribution in [2.45, 2.75) is 32.2 Å². The zero-order valence-electron chi connectivity index (χ0n) is 15.3. The SMILES string of the molecule is CCC(=O)N1CCC(NC(=NC)NCCc2cn3ccccc3n2)C1.I. The summed E-state index contributed by atoms with van der Waals surface area (Å²) in [5.74, 6) is 0.999. The van der Waals surface area contributed by atoms with Crippen LogP contribution in [0.25, 0.3) is 5.65 Å². The highest BCUT2D eigenvalue weighted by Crippen LogP contribution is 2.10. The second-order valence-electron chi connectivity index (χ2n) is 6.27. The monoisotopic (exact) mass is 470 g/mol. The molecule has 2 N–H and O–H groups in total. The summed E-state index contributed by atoms with van der Waals surface area (Å²) < 4.78 is 2.03. The number of fused-ring (bicyclic) bond motifs is 1. The summed E-state index contributed by atoms with van der Waals surface area (Å²) >= 11 is 0. The largest absolute Gasteiger partial charge is 0.356 e. The standard InChI is InChI=1S/C18H26N6O.HI/c1-3-17(25)24-11-8-15(13-24)22-18(19-2)20-9-7-14-12-23-10-5-4-6-16(23)21-14;/h4-6,10,12,15H,3,7-9,11,13H2,1-2H3,(H2,19,20,22);1H. The maximum atomic E-state index is 11.8. The van der Waals surface area contributed by atoms with E-state index >= 15 is 0 Å². The molecule has 0 saturated carbocycles. The van der Waals surface area contributed by atoms with Gasteiger partial charge in [0.25, 0.3) is 0 Å². The van der Waals surface area contributed by atoms with E-state index in [9.17, 15) is 4.79 Å². The number of halogens is 1. The summed E-state index contributed by atoms with van der Waals surface area (Å²) in [5, 5.41) is 6.74. The van der Waals surface area contributed by atoms with Gasteiger partial charge in [0.15, 0.2) is 5.96 Å². The molecule has 1 aliphatic rings. The topological polar surface area (TPSA) is 74.0 Å². The van der Waals surface area contributed by atoms with E-state index in [0.29, 0.717) is 6.42 Å². The number of hydrogen-bond acceptors (Lipinski definition) is 3. The van der Waals surface area contributed by atoms with Crippen LogP contribution in [-0.4, -0.2) is 58.9 Å². The Morgan fingerprint density at radius 1 is 1.42 bits per heavy atom. The number of hydrogen-bond donors (Lipinski definition) is 2. The van der Waals surface area contributed by atoms with Crippen molar-refractivity contribution in [1.29, 1.82) is 0 Å².